The third-order valence-electron chi connectivity index (χ3n) is 5.20. The molecule has 128 valence electrons. The van der Waals surface area contributed by atoms with E-state index in [4.69, 9.17) is 0 Å². The molecule has 2 unspecified atom stereocenters. The second kappa shape index (κ2) is 7.65. The number of imidazole rings is 1. The topological polar surface area (TPSA) is 38.1 Å². The van der Waals surface area contributed by atoms with Gasteiger partial charge in [0.05, 0.1) is 12.1 Å². The molecule has 1 aliphatic heterocycles. The van der Waals surface area contributed by atoms with Gasteiger partial charge in [0.25, 0.3) is 0 Å². The van der Waals surface area contributed by atoms with Crippen LogP contribution in [0.1, 0.15) is 50.0 Å². The van der Waals surface area contributed by atoms with E-state index in [1.165, 1.54) is 12.0 Å². The molecule has 0 N–H and O–H groups in total. The van der Waals surface area contributed by atoms with E-state index in [1.54, 1.807) is 0 Å². The van der Waals surface area contributed by atoms with Gasteiger partial charge in [0.2, 0.25) is 5.91 Å². The van der Waals surface area contributed by atoms with Crippen LogP contribution in [0.2, 0.25) is 0 Å². The van der Waals surface area contributed by atoms with Crippen LogP contribution >= 0.6 is 0 Å². The minimum absolute atomic E-state index is 0.272. The largest absolute Gasteiger partial charge is 0.338 e. The summed E-state index contributed by atoms with van der Waals surface area (Å²) >= 11 is 0. The van der Waals surface area contributed by atoms with Crippen LogP contribution in [-0.2, 0) is 11.2 Å². The maximum atomic E-state index is 12.8. The summed E-state index contributed by atoms with van der Waals surface area (Å²) in [5.74, 6) is 1.30. The molecule has 1 saturated heterocycles. The lowest BCUT2D eigenvalue weighted by Crippen LogP contribution is -2.47. The summed E-state index contributed by atoms with van der Waals surface area (Å²) in [6.45, 7) is 5.12. The van der Waals surface area contributed by atoms with E-state index in [-0.39, 0.29) is 18.0 Å². The number of piperidine rings is 1. The van der Waals surface area contributed by atoms with E-state index in [0.717, 1.165) is 31.6 Å². The van der Waals surface area contributed by atoms with Crippen LogP contribution in [-0.4, -0.2) is 32.9 Å². The Morgan fingerprint density at radius 1 is 1.29 bits per heavy atom. The van der Waals surface area contributed by atoms with Crippen LogP contribution in [0.15, 0.2) is 42.7 Å². The minimum atomic E-state index is 0.272. The summed E-state index contributed by atoms with van der Waals surface area (Å²) < 4.78 is 2.20. The molecule has 2 aromatic rings. The Bertz CT molecular complexity index is 665. The molecule has 1 aromatic heterocycles. The van der Waals surface area contributed by atoms with Crippen molar-refractivity contribution in [3.05, 3.63) is 54.1 Å². The van der Waals surface area contributed by atoms with Crippen molar-refractivity contribution in [3.63, 3.8) is 0 Å². The van der Waals surface area contributed by atoms with Gasteiger partial charge >= 0.3 is 0 Å². The second-order valence-corrected chi connectivity index (χ2v) is 6.76. The molecule has 2 atom stereocenters. The van der Waals surface area contributed by atoms with E-state index in [9.17, 15) is 4.79 Å². The number of hydrogen-bond donors (Lipinski definition) is 0. The van der Waals surface area contributed by atoms with E-state index < -0.39 is 0 Å². The predicted octanol–water partition coefficient (Wildman–Crippen LogP) is 3.77. The molecule has 1 fully saturated rings. The Morgan fingerprint density at radius 2 is 2.08 bits per heavy atom. The zero-order chi connectivity index (χ0) is 16.9. The first-order valence-electron chi connectivity index (χ1n) is 8.99. The highest BCUT2D eigenvalue weighted by Gasteiger charge is 2.31. The summed E-state index contributed by atoms with van der Waals surface area (Å²) in [6.07, 6.45) is 8.68. The van der Waals surface area contributed by atoms with E-state index >= 15 is 0 Å². The molecule has 24 heavy (non-hydrogen) atoms. The van der Waals surface area contributed by atoms with Gasteiger partial charge in [-0.15, -0.1) is 0 Å². The van der Waals surface area contributed by atoms with E-state index in [0.29, 0.717) is 6.42 Å². The van der Waals surface area contributed by atoms with Gasteiger partial charge in [-0.1, -0.05) is 30.3 Å². The van der Waals surface area contributed by atoms with Gasteiger partial charge in [-0.25, -0.2) is 4.98 Å². The number of aryl methyl sites for hydroxylation is 2. The van der Waals surface area contributed by atoms with Crippen LogP contribution < -0.4 is 0 Å². The third-order valence-corrected chi connectivity index (χ3v) is 5.20. The van der Waals surface area contributed by atoms with Crippen molar-refractivity contribution in [2.45, 2.75) is 58.0 Å². The van der Waals surface area contributed by atoms with Crippen molar-refractivity contribution in [2.75, 3.05) is 6.54 Å². The fourth-order valence-corrected chi connectivity index (χ4v) is 3.81. The van der Waals surface area contributed by atoms with Gasteiger partial charge in [0.1, 0.15) is 5.82 Å². The van der Waals surface area contributed by atoms with Gasteiger partial charge in [0.15, 0.2) is 0 Å². The zero-order valence-electron chi connectivity index (χ0n) is 14.7. The number of carbonyl (C=O) groups excluding carboxylic acids is 1. The van der Waals surface area contributed by atoms with Crippen molar-refractivity contribution in [1.82, 2.24) is 14.5 Å². The molecule has 2 heterocycles. The van der Waals surface area contributed by atoms with Gasteiger partial charge in [0, 0.05) is 25.4 Å². The summed E-state index contributed by atoms with van der Waals surface area (Å²) in [5.41, 5.74) is 1.23. The van der Waals surface area contributed by atoms with Gasteiger partial charge in [-0.2, -0.15) is 0 Å². The number of hydrogen-bond acceptors (Lipinski definition) is 2. The van der Waals surface area contributed by atoms with Gasteiger partial charge in [-0.05, 0) is 45.1 Å². The first-order chi connectivity index (χ1) is 11.7. The molecule has 0 aliphatic carbocycles. The molecule has 4 nitrogen and oxygen atoms in total. The number of nitrogens with zero attached hydrogens (tertiary/aromatic N) is 3. The zero-order valence-corrected chi connectivity index (χ0v) is 14.7. The molecule has 1 aliphatic rings. The molecular weight excluding hydrogens is 298 g/mol. The van der Waals surface area contributed by atoms with Crippen molar-refractivity contribution >= 4 is 5.91 Å². The molecule has 3 rings (SSSR count). The fraction of sp³-hybridized carbons (Fsp3) is 0.500. The number of likely N-dealkylation sites (tertiary alicyclic amines) is 1. The molecule has 1 aromatic carbocycles. The Morgan fingerprint density at radius 3 is 2.79 bits per heavy atom. The summed E-state index contributed by atoms with van der Waals surface area (Å²) in [5, 5.41) is 0. The van der Waals surface area contributed by atoms with Crippen molar-refractivity contribution in [1.29, 1.82) is 0 Å². The quantitative estimate of drug-likeness (QED) is 0.839. The van der Waals surface area contributed by atoms with Crippen molar-refractivity contribution in [2.24, 2.45) is 0 Å². The fourth-order valence-electron chi connectivity index (χ4n) is 3.81. The minimum Gasteiger partial charge on any atom is -0.338 e. The van der Waals surface area contributed by atoms with Crippen molar-refractivity contribution in [3.8, 4) is 0 Å². The SMILES string of the molecule is Cc1nccn1C(C)C1CCCCN1C(=O)CCc1ccccc1. The summed E-state index contributed by atoms with van der Waals surface area (Å²) in [7, 11) is 0. The lowest BCUT2D eigenvalue weighted by atomic mass is 9.95. The van der Waals surface area contributed by atoms with Crippen LogP contribution in [0.4, 0.5) is 0 Å². The number of amides is 1. The van der Waals surface area contributed by atoms with E-state index in [2.05, 4.69) is 33.5 Å². The van der Waals surface area contributed by atoms with Crippen LogP contribution in [0, 0.1) is 6.92 Å². The number of benzene rings is 1. The molecular formula is C20H27N3O. The monoisotopic (exact) mass is 325 g/mol. The molecule has 0 radical (unpaired) electrons. The molecule has 0 saturated carbocycles. The van der Waals surface area contributed by atoms with E-state index in [1.807, 2.05) is 37.5 Å². The van der Waals surface area contributed by atoms with Crippen molar-refractivity contribution < 1.29 is 4.79 Å². The number of aromatic nitrogens is 2. The maximum absolute atomic E-state index is 12.8. The van der Waals surface area contributed by atoms with Gasteiger partial charge in [-0.3, -0.25) is 4.79 Å². The lowest BCUT2D eigenvalue weighted by Gasteiger charge is -2.40. The van der Waals surface area contributed by atoms with Crippen LogP contribution in [0.5, 0.6) is 0 Å². The Hall–Kier alpha value is -2.10. The average molecular weight is 325 g/mol. The highest BCUT2D eigenvalue weighted by molar-refractivity contribution is 5.77. The molecule has 4 heteroatoms. The smallest absolute Gasteiger partial charge is 0.223 e. The molecule has 1 amide bonds. The third kappa shape index (κ3) is 3.69. The Kier molecular flexibility index (Phi) is 5.34. The maximum Gasteiger partial charge on any atom is 0.223 e. The molecule has 0 spiro atoms. The van der Waals surface area contributed by atoms with Gasteiger partial charge < -0.3 is 9.47 Å². The lowest BCUT2D eigenvalue weighted by molar-refractivity contribution is -0.135. The van der Waals surface area contributed by atoms with Crippen LogP contribution in [0.25, 0.3) is 0 Å². The normalized spacial score (nSPS) is 19.2. The predicted molar refractivity (Wildman–Crippen MR) is 95.8 cm³/mol. The molecule has 0 bridgehead atoms. The first-order valence-corrected chi connectivity index (χ1v) is 8.99. The van der Waals surface area contributed by atoms with Crippen LogP contribution in [0.3, 0.4) is 0 Å². The number of rotatable bonds is 5. The standard InChI is InChI=1S/C20H27N3O/c1-16(22-15-13-21-17(22)2)19-10-6-7-14-23(19)20(24)12-11-18-8-4-3-5-9-18/h3-5,8-9,13,15-16,19H,6-7,10-12,14H2,1-2H3. The highest BCUT2D eigenvalue weighted by atomic mass is 16.2. The average Bonchev–Trinajstić information content (AvgIpc) is 3.06. The highest BCUT2D eigenvalue weighted by Crippen LogP contribution is 2.28. The summed E-state index contributed by atoms with van der Waals surface area (Å²) in [6, 6.07) is 10.8. The Balaban J connectivity index is 1.67. The number of carbonyl (C=O) groups is 1. The summed E-state index contributed by atoms with van der Waals surface area (Å²) in [4.78, 5) is 19.3. The second-order valence-electron chi connectivity index (χ2n) is 6.76. The first kappa shape index (κ1) is 16.7. The Labute approximate surface area is 144 Å².